The third kappa shape index (κ3) is 8.72. The lowest BCUT2D eigenvalue weighted by Crippen LogP contribution is -2.52. The van der Waals surface area contributed by atoms with E-state index in [2.05, 4.69) is 5.32 Å². The normalized spacial score (nSPS) is 12.2. The molecule has 1 atom stereocenters. The van der Waals surface area contributed by atoms with Gasteiger partial charge >= 0.3 is 0 Å². The Kier molecular flexibility index (Phi) is 11.0. The Morgan fingerprint density at radius 3 is 2.24 bits per heavy atom. The molecule has 0 radical (unpaired) electrons. The van der Waals surface area contributed by atoms with Gasteiger partial charge in [-0.15, -0.1) is 0 Å². The van der Waals surface area contributed by atoms with Crippen molar-refractivity contribution in [3.63, 3.8) is 0 Å². The monoisotopic (exact) mass is 569 g/mol. The molecule has 1 N–H and O–H groups in total. The molecule has 0 saturated heterocycles. The van der Waals surface area contributed by atoms with Crippen LogP contribution in [0.15, 0.2) is 42.5 Å². The number of ketones is 1. The molecule has 202 valence electrons. The highest BCUT2D eigenvalue weighted by atomic mass is 35.5. The Hall–Kier alpha value is -2.62. The molecule has 0 saturated carbocycles. The first-order chi connectivity index (χ1) is 17.2. The highest BCUT2D eigenvalue weighted by Gasteiger charge is 2.32. The van der Waals surface area contributed by atoms with E-state index in [1.165, 1.54) is 24.0 Å². The quantitative estimate of drug-likeness (QED) is 0.378. The van der Waals surface area contributed by atoms with Gasteiger partial charge in [-0.25, -0.2) is 8.42 Å². The van der Waals surface area contributed by atoms with Crippen LogP contribution in [0.5, 0.6) is 0 Å². The summed E-state index contributed by atoms with van der Waals surface area (Å²) < 4.78 is 26.4. The number of anilines is 1. The Balaban J connectivity index is 2.48. The summed E-state index contributed by atoms with van der Waals surface area (Å²) >= 11 is 12.2. The first-order valence-electron chi connectivity index (χ1n) is 11.8. The van der Waals surface area contributed by atoms with Crippen LogP contribution in [-0.2, 0) is 26.2 Å². The third-order valence-electron chi connectivity index (χ3n) is 5.63. The molecular weight excluding hydrogens is 537 g/mol. The van der Waals surface area contributed by atoms with Crippen molar-refractivity contribution in [1.82, 2.24) is 10.2 Å². The molecule has 11 heteroatoms. The number of carbonyl (C=O) groups excluding carboxylic acids is 3. The first kappa shape index (κ1) is 30.6. The number of halogens is 2. The minimum Gasteiger partial charge on any atom is -0.354 e. The zero-order chi connectivity index (χ0) is 27.9. The lowest BCUT2D eigenvalue weighted by Gasteiger charge is -2.33. The molecule has 2 rings (SSSR count). The van der Waals surface area contributed by atoms with Crippen molar-refractivity contribution in [2.24, 2.45) is 5.92 Å². The Labute approximate surface area is 229 Å². The Bertz CT molecular complexity index is 1250. The summed E-state index contributed by atoms with van der Waals surface area (Å²) in [4.78, 5) is 40.0. The van der Waals surface area contributed by atoms with Gasteiger partial charge in [-0.05, 0) is 49.1 Å². The van der Waals surface area contributed by atoms with Crippen LogP contribution in [0.1, 0.15) is 50.0 Å². The van der Waals surface area contributed by atoms with Crippen molar-refractivity contribution < 1.29 is 22.8 Å². The van der Waals surface area contributed by atoms with Gasteiger partial charge in [0, 0.05) is 18.7 Å². The van der Waals surface area contributed by atoms with Crippen molar-refractivity contribution in [3.8, 4) is 0 Å². The summed E-state index contributed by atoms with van der Waals surface area (Å²) in [5.74, 6) is -0.962. The van der Waals surface area contributed by atoms with Crippen LogP contribution in [0.2, 0.25) is 10.0 Å². The van der Waals surface area contributed by atoms with Gasteiger partial charge < -0.3 is 10.2 Å². The number of sulfonamides is 1. The van der Waals surface area contributed by atoms with E-state index in [4.69, 9.17) is 23.2 Å². The van der Waals surface area contributed by atoms with Crippen molar-refractivity contribution in [1.29, 1.82) is 0 Å². The molecule has 37 heavy (non-hydrogen) atoms. The summed E-state index contributed by atoms with van der Waals surface area (Å²) in [5.41, 5.74) is 1.11. The van der Waals surface area contributed by atoms with Gasteiger partial charge in [-0.2, -0.15) is 0 Å². The maximum atomic E-state index is 13.7. The van der Waals surface area contributed by atoms with Crippen molar-refractivity contribution in [3.05, 3.63) is 63.6 Å². The summed E-state index contributed by atoms with van der Waals surface area (Å²) in [5, 5.41) is 3.50. The highest BCUT2D eigenvalue weighted by molar-refractivity contribution is 7.92. The van der Waals surface area contributed by atoms with Crippen LogP contribution in [0.4, 0.5) is 5.69 Å². The van der Waals surface area contributed by atoms with Gasteiger partial charge in [0.1, 0.15) is 12.6 Å². The second kappa shape index (κ2) is 13.3. The second-order valence-electron chi connectivity index (χ2n) is 9.21. The average Bonchev–Trinajstić information content (AvgIpc) is 2.82. The molecule has 0 aliphatic carbocycles. The van der Waals surface area contributed by atoms with Crippen LogP contribution < -0.4 is 9.62 Å². The third-order valence-corrected chi connectivity index (χ3v) is 7.51. The fraction of sp³-hybridized carbons (Fsp3) is 0.423. The molecule has 0 aliphatic rings. The minimum absolute atomic E-state index is 0.00835. The lowest BCUT2D eigenvalue weighted by molar-refractivity contribution is -0.140. The average molecular weight is 571 g/mol. The predicted octanol–water partition coefficient (Wildman–Crippen LogP) is 4.54. The smallest absolute Gasteiger partial charge is 0.244 e. The van der Waals surface area contributed by atoms with Crippen LogP contribution in [-0.4, -0.2) is 56.3 Å². The maximum absolute atomic E-state index is 13.7. The van der Waals surface area contributed by atoms with E-state index < -0.39 is 28.5 Å². The maximum Gasteiger partial charge on any atom is 0.244 e. The van der Waals surface area contributed by atoms with Crippen LogP contribution in [0.25, 0.3) is 0 Å². The Morgan fingerprint density at radius 1 is 1.03 bits per heavy atom. The molecule has 0 fully saturated rings. The number of benzene rings is 2. The molecular formula is C26H33Cl2N3O5S. The number of nitrogens with zero attached hydrogens (tertiary/aromatic N) is 2. The van der Waals surface area contributed by atoms with Gasteiger partial charge in [-0.3, -0.25) is 18.7 Å². The van der Waals surface area contributed by atoms with Crippen molar-refractivity contribution >= 4 is 56.5 Å². The Morgan fingerprint density at radius 2 is 1.70 bits per heavy atom. The molecule has 2 aromatic rings. The zero-order valence-corrected chi connectivity index (χ0v) is 24.0. The molecule has 0 spiro atoms. The van der Waals surface area contributed by atoms with Gasteiger partial charge in [-0.1, -0.05) is 62.2 Å². The largest absolute Gasteiger partial charge is 0.354 e. The molecule has 8 nitrogen and oxygen atoms in total. The molecule has 0 aliphatic heterocycles. The van der Waals surface area contributed by atoms with E-state index in [0.29, 0.717) is 34.1 Å². The van der Waals surface area contributed by atoms with E-state index in [1.807, 2.05) is 13.8 Å². The first-order valence-corrected chi connectivity index (χ1v) is 14.4. The summed E-state index contributed by atoms with van der Waals surface area (Å²) in [6.45, 7) is 6.94. The van der Waals surface area contributed by atoms with E-state index in [1.54, 1.807) is 37.3 Å². The fourth-order valence-electron chi connectivity index (χ4n) is 3.67. The number of carbonyl (C=O) groups is 3. The van der Waals surface area contributed by atoms with Gasteiger partial charge in [0.05, 0.1) is 22.0 Å². The zero-order valence-electron chi connectivity index (χ0n) is 21.6. The lowest BCUT2D eigenvalue weighted by atomic mass is 10.1. The SMILES string of the molecule is CC[C@@H](C(=O)NCC(C)C)N(Cc1ccc(Cl)c(Cl)c1)C(=O)CN(c1cccc(C(C)=O)c1)S(C)(=O)=O. The molecule has 0 bridgehead atoms. The summed E-state index contributed by atoms with van der Waals surface area (Å²) in [7, 11) is -3.91. The number of hydrogen-bond acceptors (Lipinski definition) is 5. The molecule has 2 aromatic carbocycles. The van der Waals surface area contributed by atoms with Crippen LogP contribution >= 0.6 is 23.2 Å². The summed E-state index contributed by atoms with van der Waals surface area (Å²) in [6.07, 6.45) is 1.28. The fourth-order valence-corrected chi connectivity index (χ4v) is 4.83. The van der Waals surface area contributed by atoms with Crippen molar-refractivity contribution in [2.75, 3.05) is 23.7 Å². The number of rotatable bonds is 12. The van der Waals surface area contributed by atoms with Gasteiger partial charge in [0.2, 0.25) is 21.8 Å². The van der Waals surface area contributed by atoms with E-state index in [9.17, 15) is 22.8 Å². The van der Waals surface area contributed by atoms with E-state index >= 15 is 0 Å². The van der Waals surface area contributed by atoms with Gasteiger partial charge in [0.15, 0.2) is 5.78 Å². The minimum atomic E-state index is -3.91. The molecule has 2 amide bonds. The number of amides is 2. The standard InChI is InChI=1S/C26H33Cl2N3O5S/c1-6-24(26(34)29-14-17(2)3)30(15-19-10-11-22(27)23(28)12-19)25(33)16-31(37(5,35)36)21-9-7-8-20(13-21)18(4)32/h7-13,17,24H,6,14-16H2,1-5H3,(H,29,34)/t24-/m0/s1. The second-order valence-corrected chi connectivity index (χ2v) is 11.9. The topological polar surface area (TPSA) is 104 Å². The number of nitrogens with one attached hydrogen (secondary N) is 1. The van der Waals surface area contributed by atoms with E-state index in [-0.39, 0.29) is 29.8 Å². The highest BCUT2D eigenvalue weighted by Crippen LogP contribution is 2.25. The molecule has 0 heterocycles. The number of Topliss-reactive ketones (excluding diaryl/α,β-unsaturated/α-hetero) is 1. The predicted molar refractivity (Wildman–Crippen MR) is 148 cm³/mol. The number of hydrogen-bond donors (Lipinski definition) is 1. The van der Waals surface area contributed by atoms with Gasteiger partial charge in [0.25, 0.3) is 0 Å². The molecule has 0 aromatic heterocycles. The summed E-state index contributed by atoms with van der Waals surface area (Å²) in [6, 6.07) is 10.1. The molecule has 0 unspecified atom stereocenters. The van der Waals surface area contributed by atoms with E-state index in [0.717, 1.165) is 10.6 Å². The van der Waals surface area contributed by atoms with Crippen LogP contribution in [0.3, 0.4) is 0 Å². The van der Waals surface area contributed by atoms with Crippen molar-refractivity contribution in [2.45, 2.75) is 46.7 Å². The van der Waals surface area contributed by atoms with Crippen LogP contribution in [0, 0.1) is 5.92 Å².